The van der Waals surface area contributed by atoms with E-state index < -0.39 is 11.7 Å². The number of carbonyl (C=O) groups excluding carboxylic acids is 1. The number of anilines is 3. The van der Waals surface area contributed by atoms with Gasteiger partial charge in [-0.3, -0.25) is 4.79 Å². The van der Waals surface area contributed by atoms with Crippen LogP contribution >= 0.6 is 23.2 Å². The van der Waals surface area contributed by atoms with Gasteiger partial charge in [-0.2, -0.15) is 0 Å². The Labute approximate surface area is 152 Å². The fraction of sp³-hybridized carbons (Fsp3) is 0. The lowest BCUT2D eigenvalue weighted by molar-refractivity contribution is 0.102. The quantitative estimate of drug-likeness (QED) is 0.678. The summed E-state index contributed by atoms with van der Waals surface area (Å²) in [6.45, 7) is 0. The fourth-order valence-electron chi connectivity index (χ4n) is 2.00. The Balaban J connectivity index is 1.74. The van der Waals surface area contributed by atoms with Crippen molar-refractivity contribution in [2.75, 3.05) is 10.6 Å². The summed E-state index contributed by atoms with van der Waals surface area (Å²) >= 11 is 11.5. The fourth-order valence-corrected chi connectivity index (χ4v) is 2.31. The molecule has 0 saturated carbocycles. The summed E-state index contributed by atoms with van der Waals surface area (Å²) in [6.07, 6.45) is 1.27. The minimum absolute atomic E-state index is 0.0782. The Morgan fingerprint density at radius 2 is 1.68 bits per heavy atom. The Hall–Kier alpha value is -2.70. The van der Waals surface area contributed by atoms with Gasteiger partial charge in [0.05, 0.1) is 5.02 Å². The molecule has 0 bridgehead atoms. The summed E-state index contributed by atoms with van der Waals surface area (Å²) in [5.41, 5.74) is 1.27. The summed E-state index contributed by atoms with van der Waals surface area (Å²) in [6, 6.07) is 12.4. The van der Waals surface area contributed by atoms with Crippen LogP contribution in [0.5, 0.6) is 0 Å². The maximum Gasteiger partial charge on any atom is 0.274 e. The van der Waals surface area contributed by atoms with Gasteiger partial charge in [0.1, 0.15) is 23.7 Å². The van der Waals surface area contributed by atoms with Gasteiger partial charge in [0.2, 0.25) is 0 Å². The van der Waals surface area contributed by atoms with Crippen LogP contribution < -0.4 is 10.6 Å². The molecule has 3 aromatic rings. The molecule has 1 aromatic heterocycles. The van der Waals surface area contributed by atoms with Crippen LogP contribution in [-0.2, 0) is 0 Å². The van der Waals surface area contributed by atoms with Crippen LogP contribution in [0, 0.1) is 5.82 Å². The molecule has 1 amide bonds. The van der Waals surface area contributed by atoms with Gasteiger partial charge in [-0.1, -0.05) is 23.2 Å². The molecule has 0 fully saturated rings. The predicted molar refractivity (Wildman–Crippen MR) is 96.1 cm³/mol. The lowest BCUT2D eigenvalue weighted by Gasteiger charge is -2.08. The van der Waals surface area contributed by atoms with E-state index in [1.165, 1.54) is 30.6 Å². The monoisotopic (exact) mass is 376 g/mol. The van der Waals surface area contributed by atoms with E-state index in [0.29, 0.717) is 16.5 Å². The SMILES string of the molecule is O=C(Nc1ccc(F)c(Cl)c1)c1cc(Nc2ccc(Cl)cc2)ncn1. The van der Waals surface area contributed by atoms with E-state index in [4.69, 9.17) is 23.2 Å². The first-order valence-corrected chi connectivity index (χ1v) is 7.88. The van der Waals surface area contributed by atoms with Gasteiger partial charge in [-0.05, 0) is 42.5 Å². The van der Waals surface area contributed by atoms with Crippen LogP contribution in [0.25, 0.3) is 0 Å². The Bertz CT molecular complexity index is 919. The molecule has 5 nitrogen and oxygen atoms in total. The van der Waals surface area contributed by atoms with Crippen LogP contribution in [0.3, 0.4) is 0 Å². The van der Waals surface area contributed by atoms with Gasteiger partial charge in [0, 0.05) is 22.5 Å². The van der Waals surface area contributed by atoms with E-state index >= 15 is 0 Å². The number of hydrogen-bond acceptors (Lipinski definition) is 4. The molecular weight excluding hydrogens is 366 g/mol. The van der Waals surface area contributed by atoms with E-state index in [-0.39, 0.29) is 10.7 Å². The van der Waals surface area contributed by atoms with Crippen molar-refractivity contribution in [3.63, 3.8) is 0 Å². The first-order valence-electron chi connectivity index (χ1n) is 7.12. The number of nitrogens with one attached hydrogen (secondary N) is 2. The molecule has 0 aliphatic heterocycles. The number of benzene rings is 2. The van der Waals surface area contributed by atoms with Gasteiger partial charge in [-0.25, -0.2) is 14.4 Å². The number of nitrogens with zero attached hydrogens (tertiary/aromatic N) is 2. The average Bonchev–Trinajstić information content (AvgIpc) is 2.60. The van der Waals surface area contributed by atoms with E-state index in [1.807, 2.05) is 0 Å². The zero-order valence-electron chi connectivity index (χ0n) is 12.6. The third-order valence-corrected chi connectivity index (χ3v) is 3.74. The Kier molecular flexibility index (Phi) is 5.11. The Morgan fingerprint density at radius 1 is 0.960 bits per heavy atom. The summed E-state index contributed by atoms with van der Waals surface area (Å²) in [5, 5.41) is 6.18. The second kappa shape index (κ2) is 7.46. The smallest absolute Gasteiger partial charge is 0.274 e. The highest BCUT2D eigenvalue weighted by molar-refractivity contribution is 6.31. The van der Waals surface area contributed by atoms with Crippen molar-refractivity contribution in [3.8, 4) is 0 Å². The van der Waals surface area contributed by atoms with Crippen molar-refractivity contribution in [1.29, 1.82) is 0 Å². The van der Waals surface area contributed by atoms with Crippen molar-refractivity contribution >= 4 is 46.3 Å². The summed E-state index contributed by atoms with van der Waals surface area (Å²) < 4.78 is 13.2. The predicted octanol–water partition coefficient (Wildman–Crippen LogP) is 4.92. The summed E-state index contributed by atoms with van der Waals surface area (Å²) in [7, 11) is 0. The topological polar surface area (TPSA) is 66.9 Å². The number of aromatic nitrogens is 2. The maximum atomic E-state index is 13.2. The summed E-state index contributed by atoms with van der Waals surface area (Å²) in [4.78, 5) is 20.3. The molecule has 25 heavy (non-hydrogen) atoms. The molecule has 8 heteroatoms. The zero-order valence-corrected chi connectivity index (χ0v) is 14.1. The number of amides is 1. The number of halogens is 3. The lowest BCUT2D eigenvalue weighted by Crippen LogP contribution is -2.14. The standard InChI is InChI=1S/C17H11Cl2FN4O/c18-10-1-3-11(4-2-10)23-16-8-15(21-9-22-16)17(25)24-12-5-6-14(20)13(19)7-12/h1-9H,(H,24,25)(H,21,22,23). The molecule has 2 N–H and O–H groups in total. The van der Waals surface area contributed by atoms with Crippen LogP contribution in [0.1, 0.15) is 10.5 Å². The molecule has 126 valence electrons. The highest BCUT2D eigenvalue weighted by Crippen LogP contribution is 2.21. The number of rotatable bonds is 4. The second-order valence-corrected chi connectivity index (χ2v) is 5.85. The number of carbonyl (C=O) groups is 1. The average molecular weight is 377 g/mol. The number of hydrogen-bond donors (Lipinski definition) is 2. The molecule has 0 spiro atoms. The van der Waals surface area contributed by atoms with Gasteiger partial charge in [0.15, 0.2) is 0 Å². The van der Waals surface area contributed by atoms with E-state index in [2.05, 4.69) is 20.6 Å². The minimum atomic E-state index is -0.559. The highest BCUT2D eigenvalue weighted by atomic mass is 35.5. The van der Waals surface area contributed by atoms with Crippen molar-refractivity contribution in [1.82, 2.24) is 9.97 Å². The largest absolute Gasteiger partial charge is 0.340 e. The van der Waals surface area contributed by atoms with E-state index in [0.717, 1.165) is 5.69 Å². The molecule has 0 aliphatic carbocycles. The van der Waals surface area contributed by atoms with Crippen LogP contribution in [0.15, 0.2) is 54.9 Å². The molecule has 0 unspecified atom stereocenters. The van der Waals surface area contributed by atoms with Gasteiger partial charge in [-0.15, -0.1) is 0 Å². The molecule has 0 saturated heterocycles. The molecule has 0 atom stereocenters. The van der Waals surface area contributed by atoms with Gasteiger partial charge in [0.25, 0.3) is 5.91 Å². The third-order valence-electron chi connectivity index (χ3n) is 3.19. The normalized spacial score (nSPS) is 10.4. The van der Waals surface area contributed by atoms with Gasteiger partial charge < -0.3 is 10.6 Å². The highest BCUT2D eigenvalue weighted by Gasteiger charge is 2.10. The molecule has 3 rings (SSSR count). The minimum Gasteiger partial charge on any atom is -0.340 e. The molecular formula is C17H11Cl2FN4O. The lowest BCUT2D eigenvalue weighted by atomic mass is 10.3. The van der Waals surface area contributed by atoms with Crippen LogP contribution in [0.2, 0.25) is 10.0 Å². The zero-order chi connectivity index (χ0) is 17.8. The molecule has 2 aromatic carbocycles. The van der Waals surface area contributed by atoms with Gasteiger partial charge >= 0.3 is 0 Å². The van der Waals surface area contributed by atoms with Crippen LogP contribution in [0.4, 0.5) is 21.6 Å². The van der Waals surface area contributed by atoms with Crippen molar-refractivity contribution < 1.29 is 9.18 Å². The van der Waals surface area contributed by atoms with Crippen molar-refractivity contribution in [2.45, 2.75) is 0 Å². The molecule has 0 radical (unpaired) electrons. The second-order valence-electron chi connectivity index (χ2n) is 5.00. The van der Waals surface area contributed by atoms with Crippen molar-refractivity contribution in [3.05, 3.63) is 76.4 Å². The molecule has 1 heterocycles. The molecule has 0 aliphatic rings. The Morgan fingerprint density at radius 3 is 2.40 bits per heavy atom. The van der Waals surface area contributed by atoms with Crippen molar-refractivity contribution in [2.24, 2.45) is 0 Å². The maximum absolute atomic E-state index is 13.2. The third kappa shape index (κ3) is 4.43. The van der Waals surface area contributed by atoms with Crippen LogP contribution in [-0.4, -0.2) is 15.9 Å². The van der Waals surface area contributed by atoms with E-state index in [1.54, 1.807) is 24.3 Å². The first kappa shape index (κ1) is 17.1. The first-order chi connectivity index (χ1) is 12.0. The van der Waals surface area contributed by atoms with E-state index in [9.17, 15) is 9.18 Å². The summed E-state index contributed by atoms with van der Waals surface area (Å²) in [5.74, 6) is -0.583.